The van der Waals surface area contributed by atoms with Gasteiger partial charge in [0, 0.05) is 39.0 Å². The van der Waals surface area contributed by atoms with Gasteiger partial charge in [0.15, 0.2) is 5.69 Å². The number of benzene rings is 1. The van der Waals surface area contributed by atoms with Crippen LogP contribution in [0.5, 0.6) is 0 Å². The van der Waals surface area contributed by atoms with E-state index < -0.39 is 0 Å². The third-order valence-electron chi connectivity index (χ3n) is 4.91. The number of nitrogens with one attached hydrogen (secondary N) is 1. The number of methoxy groups -OCH3 is 1. The monoisotopic (exact) mass is 383 g/mol. The predicted molar refractivity (Wildman–Crippen MR) is 102 cm³/mol. The molecule has 1 N–H and O–H groups in total. The van der Waals surface area contributed by atoms with E-state index in [4.69, 9.17) is 4.74 Å². The maximum Gasteiger partial charge on any atom is 0.276 e. The number of H-pyrrole nitrogens is 1. The second kappa shape index (κ2) is 7.77. The van der Waals surface area contributed by atoms with Crippen molar-refractivity contribution in [3.63, 3.8) is 0 Å². The molecule has 1 aliphatic rings. The van der Waals surface area contributed by atoms with Crippen LogP contribution < -0.4 is 10.5 Å². The lowest BCUT2D eigenvalue weighted by Gasteiger charge is -2.35. The van der Waals surface area contributed by atoms with Gasteiger partial charge in [0.1, 0.15) is 0 Å². The van der Waals surface area contributed by atoms with Gasteiger partial charge in [-0.3, -0.25) is 14.2 Å². The first-order valence-corrected chi connectivity index (χ1v) is 9.05. The zero-order valence-corrected chi connectivity index (χ0v) is 15.5. The highest BCUT2D eigenvalue weighted by Crippen LogP contribution is 2.21. The fraction of sp³-hybridized carbons (Fsp3) is 0.389. The molecule has 10 heteroatoms. The molecule has 1 saturated heterocycles. The molecule has 0 saturated carbocycles. The number of amides is 1. The van der Waals surface area contributed by atoms with Crippen LogP contribution in [0.15, 0.2) is 35.5 Å². The van der Waals surface area contributed by atoms with E-state index in [0.717, 1.165) is 5.69 Å². The number of aromatic amines is 1. The summed E-state index contributed by atoms with van der Waals surface area (Å²) < 4.78 is 6.58. The molecule has 0 radical (unpaired) electrons. The summed E-state index contributed by atoms with van der Waals surface area (Å²) in [5.41, 5.74) is 1.91. The van der Waals surface area contributed by atoms with Gasteiger partial charge in [0.25, 0.3) is 11.5 Å². The Balaban J connectivity index is 1.48. The van der Waals surface area contributed by atoms with Gasteiger partial charge < -0.3 is 14.5 Å². The summed E-state index contributed by atoms with van der Waals surface area (Å²) in [5.74, 6) is -0.120. The molecule has 3 heterocycles. The summed E-state index contributed by atoms with van der Waals surface area (Å²) in [6, 6.07) is 5.67. The van der Waals surface area contributed by atoms with E-state index in [1.165, 1.54) is 6.20 Å². The summed E-state index contributed by atoms with van der Waals surface area (Å²) in [6.45, 7) is 3.51. The van der Waals surface area contributed by atoms with E-state index in [0.29, 0.717) is 55.9 Å². The van der Waals surface area contributed by atoms with Crippen LogP contribution >= 0.6 is 0 Å². The average molecular weight is 383 g/mol. The topological polar surface area (TPSA) is 109 Å². The Hall–Kier alpha value is -3.27. The lowest BCUT2D eigenvalue weighted by molar-refractivity contribution is 0.0741. The molecule has 0 bridgehead atoms. The van der Waals surface area contributed by atoms with Crippen molar-refractivity contribution in [1.29, 1.82) is 0 Å². The molecule has 1 amide bonds. The van der Waals surface area contributed by atoms with Crippen molar-refractivity contribution in [2.45, 2.75) is 6.54 Å². The summed E-state index contributed by atoms with van der Waals surface area (Å²) >= 11 is 0. The first-order chi connectivity index (χ1) is 13.7. The maximum absolute atomic E-state index is 12.5. The number of nitrogens with zero attached hydrogens (tertiary/aromatic N) is 6. The minimum absolute atomic E-state index is 0.0726. The van der Waals surface area contributed by atoms with Crippen molar-refractivity contribution >= 4 is 22.5 Å². The highest BCUT2D eigenvalue weighted by molar-refractivity contribution is 5.92. The molecule has 0 aliphatic carbocycles. The first-order valence-electron chi connectivity index (χ1n) is 9.05. The molecule has 3 aromatic rings. The molecule has 0 unspecified atom stereocenters. The Kier molecular flexibility index (Phi) is 5.02. The number of carbonyl (C=O) groups excluding carboxylic acids is 1. The van der Waals surface area contributed by atoms with Gasteiger partial charge in [0.2, 0.25) is 0 Å². The number of hydrogen-bond acceptors (Lipinski definition) is 7. The molecular formula is C18H21N7O3. The lowest BCUT2D eigenvalue weighted by atomic mass is 10.2. The maximum atomic E-state index is 12.5. The Bertz CT molecular complexity index is 1020. The normalized spacial score (nSPS) is 14.6. The lowest BCUT2D eigenvalue weighted by Crippen LogP contribution is -2.48. The highest BCUT2D eigenvalue weighted by Gasteiger charge is 2.24. The van der Waals surface area contributed by atoms with E-state index in [1.54, 1.807) is 22.9 Å². The van der Waals surface area contributed by atoms with Crippen molar-refractivity contribution in [3.05, 3.63) is 46.8 Å². The Morgan fingerprint density at radius 2 is 2.07 bits per heavy atom. The van der Waals surface area contributed by atoms with Gasteiger partial charge >= 0.3 is 0 Å². The Morgan fingerprint density at radius 1 is 1.25 bits per heavy atom. The number of ether oxygens (including phenoxy) is 1. The molecular weight excluding hydrogens is 362 g/mol. The molecule has 1 aromatic carbocycles. The van der Waals surface area contributed by atoms with Crippen molar-refractivity contribution in [2.75, 3.05) is 44.8 Å². The Morgan fingerprint density at radius 3 is 2.79 bits per heavy atom. The van der Waals surface area contributed by atoms with Crippen LogP contribution in [-0.4, -0.2) is 75.7 Å². The molecule has 28 heavy (non-hydrogen) atoms. The summed E-state index contributed by atoms with van der Waals surface area (Å²) in [4.78, 5) is 33.3. The van der Waals surface area contributed by atoms with Crippen LogP contribution in [0, 0.1) is 0 Å². The SMILES string of the molecule is COCCn1cnc2cc(N3CCN(C(=O)c4cn[nH]n4)CC3)ccc2c1=O. The molecule has 146 valence electrons. The van der Waals surface area contributed by atoms with Crippen molar-refractivity contribution in [2.24, 2.45) is 0 Å². The fourth-order valence-electron chi connectivity index (χ4n) is 3.33. The van der Waals surface area contributed by atoms with Gasteiger partial charge in [-0.25, -0.2) is 4.98 Å². The van der Waals surface area contributed by atoms with Gasteiger partial charge in [-0.1, -0.05) is 0 Å². The minimum Gasteiger partial charge on any atom is -0.383 e. The fourth-order valence-corrected chi connectivity index (χ4v) is 3.33. The van der Waals surface area contributed by atoms with E-state index in [1.807, 2.05) is 18.2 Å². The number of aromatic nitrogens is 5. The molecule has 1 aliphatic heterocycles. The zero-order chi connectivity index (χ0) is 19.5. The quantitative estimate of drug-likeness (QED) is 0.667. The number of carbonyl (C=O) groups is 1. The highest BCUT2D eigenvalue weighted by atomic mass is 16.5. The standard InChI is InChI=1S/C18H21N7O3/c1-28-9-8-25-12-19-15-10-13(2-3-14(15)17(25)26)23-4-6-24(7-5-23)18(27)16-11-20-22-21-16/h2-3,10-12H,4-9H2,1H3,(H,20,21,22). The van der Waals surface area contributed by atoms with E-state index in [2.05, 4.69) is 25.3 Å². The predicted octanol–water partition coefficient (Wildman–Crippen LogP) is 0.123. The van der Waals surface area contributed by atoms with Crippen LogP contribution in [0.2, 0.25) is 0 Å². The van der Waals surface area contributed by atoms with Crippen molar-refractivity contribution in [3.8, 4) is 0 Å². The number of piperazine rings is 1. The van der Waals surface area contributed by atoms with Gasteiger partial charge in [-0.15, -0.1) is 0 Å². The van der Waals surface area contributed by atoms with Crippen LogP contribution in [0.4, 0.5) is 5.69 Å². The van der Waals surface area contributed by atoms with E-state index in [9.17, 15) is 9.59 Å². The average Bonchev–Trinajstić information content (AvgIpc) is 3.27. The molecule has 0 spiro atoms. The molecule has 1 fully saturated rings. The number of hydrogen-bond donors (Lipinski definition) is 1. The smallest absolute Gasteiger partial charge is 0.276 e. The summed E-state index contributed by atoms with van der Waals surface area (Å²) in [5, 5.41) is 10.6. The zero-order valence-electron chi connectivity index (χ0n) is 15.5. The summed E-state index contributed by atoms with van der Waals surface area (Å²) in [6.07, 6.45) is 2.99. The summed E-state index contributed by atoms with van der Waals surface area (Å²) in [7, 11) is 1.60. The molecule has 4 rings (SSSR count). The second-order valence-electron chi connectivity index (χ2n) is 6.57. The molecule has 0 atom stereocenters. The number of anilines is 1. The minimum atomic E-state index is -0.120. The van der Waals surface area contributed by atoms with Crippen molar-refractivity contribution in [1.82, 2.24) is 29.9 Å². The van der Waals surface area contributed by atoms with Crippen LogP contribution in [-0.2, 0) is 11.3 Å². The third-order valence-corrected chi connectivity index (χ3v) is 4.91. The van der Waals surface area contributed by atoms with Crippen LogP contribution in [0.3, 0.4) is 0 Å². The number of rotatable bonds is 5. The van der Waals surface area contributed by atoms with E-state index >= 15 is 0 Å². The van der Waals surface area contributed by atoms with Gasteiger partial charge in [-0.2, -0.15) is 15.4 Å². The number of fused-ring (bicyclic) bond motifs is 1. The molecule has 2 aromatic heterocycles. The third kappa shape index (κ3) is 3.46. The van der Waals surface area contributed by atoms with Gasteiger partial charge in [-0.05, 0) is 18.2 Å². The van der Waals surface area contributed by atoms with Crippen LogP contribution in [0.1, 0.15) is 10.5 Å². The van der Waals surface area contributed by atoms with Crippen molar-refractivity contribution < 1.29 is 9.53 Å². The van der Waals surface area contributed by atoms with Gasteiger partial charge in [0.05, 0.1) is 36.6 Å². The largest absolute Gasteiger partial charge is 0.383 e. The second-order valence-corrected chi connectivity index (χ2v) is 6.57. The Labute approximate surface area is 160 Å². The molecule has 10 nitrogen and oxygen atoms in total. The first kappa shape index (κ1) is 18.1. The van der Waals surface area contributed by atoms with E-state index in [-0.39, 0.29) is 11.5 Å². The van der Waals surface area contributed by atoms with Crippen LogP contribution in [0.25, 0.3) is 10.9 Å².